The van der Waals surface area contributed by atoms with Gasteiger partial charge >= 0.3 is 5.97 Å². The second-order valence-corrected chi connectivity index (χ2v) is 5.93. The molecule has 0 spiro atoms. The zero-order chi connectivity index (χ0) is 14.9. The Labute approximate surface area is 126 Å². The third-order valence-electron chi connectivity index (χ3n) is 4.10. The molecule has 1 aromatic heterocycles. The first kappa shape index (κ1) is 14.0. The van der Waals surface area contributed by atoms with Crippen LogP contribution in [0.2, 0.25) is 5.02 Å². The third kappa shape index (κ3) is 2.76. The minimum Gasteiger partial charge on any atom is -0.481 e. The molecule has 1 aromatic carbocycles. The lowest BCUT2D eigenvalue weighted by Crippen LogP contribution is -2.42. The predicted octanol–water partition coefficient (Wildman–Crippen LogP) is 2.17. The average Bonchev–Trinajstić information content (AvgIpc) is 2.83. The molecule has 1 aliphatic carbocycles. The molecule has 0 aliphatic heterocycles. The molecule has 21 heavy (non-hydrogen) atoms. The Balaban J connectivity index is 1.78. The van der Waals surface area contributed by atoms with E-state index in [1.807, 2.05) is 24.3 Å². The highest BCUT2D eigenvalue weighted by molar-refractivity contribution is 6.30. The summed E-state index contributed by atoms with van der Waals surface area (Å²) in [5, 5.41) is 21.7. The molecular weight excluding hydrogens is 292 g/mol. The summed E-state index contributed by atoms with van der Waals surface area (Å²) in [4.78, 5) is 11.4. The van der Waals surface area contributed by atoms with Gasteiger partial charge < -0.3 is 5.11 Å². The van der Waals surface area contributed by atoms with Crippen molar-refractivity contribution < 1.29 is 9.90 Å². The molecule has 1 N–H and O–H groups in total. The fraction of sp³-hybridized carbons (Fsp3) is 0.429. The molecule has 0 saturated heterocycles. The largest absolute Gasteiger partial charge is 0.481 e. The van der Waals surface area contributed by atoms with Crippen LogP contribution in [0.25, 0.3) is 0 Å². The number of carboxylic acids is 1. The molecular formula is C14H15ClN4O2. The summed E-state index contributed by atoms with van der Waals surface area (Å²) < 4.78 is 1.61. The first-order valence-corrected chi connectivity index (χ1v) is 7.20. The van der Waals surface area contributed by atoms with Gasteiger partial charge in [-0.05, 0) is 41.0 Å². The van der Waals surface area contributed by atoms with E-state index < -0.39 is 11.4 Å². The van der Waals surface area contributed by atoms with Gasteiger partial charge in [-0.3, -0.25) is 4.79 Å². The number of aromatic nitrogens is 4. The Bertz CT molecular complexity index is 649. The Kier molecular flexibility index (Phi) is 3.63. The first-order chi connectivity index (χ1) is 10.1. The Hall–Kier alpha value is -1.95. The number of hydrogen-bond acceptors (Lipinski definition) is 4. The van der Waals surface area contributed by atoms with E-state index in [0.717, 1.165) is 12.0 Å². The molecule has 0 radical (unpaired) electrons. The van der Waals surface area contributed by atoms with Crippen molar-refractivity contribution in [1.29, 1.82) is 0 Å². The summed E-state index contributed by atoms with van der Waals surface area (Å²) in [5.41, 5.74) is 0.331. The smallest absolute Gasteiger partial charge is 0.311 e. The van der Waals surface area contributed by atoms with Gasteiger partial charge in [0, 0.05) is 11.4 Å². The van der Waals surface area contributed by atoms with Gasteiger partial charge in [0.1, 0.15) is 0 Å². The molecule has 110 valence electrons. The SMILES string of the molecule is O=C(O)C1(Cn2nnnc2Cc2ccc(Cl)cc2)CCC1. The zero-order valence-corrected chi connectivity index (χ0v) is 12.1. The van der Waals surface area contributed by atoms with Gasteiger partial charge in [-0.25, -0.2) is 4.68 Å². The molecule has 0 bridgehead atoms. The summed E-state index contributed by atoms with van der Waals surface area (Å²) in [5.74, 6) is -0.0912. The van der Waals surface area contributed by atoms with Gasteiger partial charge in [-0.15, -0.1) is 5.10 Å². The van der Waals surface area contributed by atoms with Gasteiger partial charge in [0.05, 0.1) is 12.0 Å². The molecule has 2 aromatic rings. The van der Waals surface area contributed by atoms with Gasteiger partial charge in [0.2, 0.25) is 0 Å². The third-order valence-corrected chi connectivity index (χ3v) is 4.35. The topological polar surface area (TPSA) is 80.9 Å². The Morgan fingerprint density at radius 3 is 2.62 bits per heavy atom. The van der Waals surface area contributed by atoms with Gasteiger partial charge in [-0.1, -0.05) is 30.2 Å². The number of rotatable bonds is 5. The molecule has 1 saturated carbocycles. The highest BCUT2D eigenvalue weighted by Gasteiger charge is 2.45. The number of aliphatic carboxylic acids is 1. The maximum absolute atomic E-state index is 11.4. The van der Waals surface area contributed by atoms with E-state index in [-0.39, 0.29) is 0 Å². The number of carboxylic acid groups (broad SMARTS) is 1. The highest BCUT2D eigenvalue weighted by atomic mass is 35.5. The van der Waals surface area contributed by atoms with E-state index in [2.05, 4.69) is 15.5 Å². The number of tetrazole rings is 1. The van der Waals surface area contributed by atoms with E-state index in [0.29, 0.717) is 36.7 Å². The predicted molar refractivity (Wildman–Crippen MR) is 76.0 cm³/mol. The second kappa shape index (κ2) is 5.44. The lowest BCUT2D eigenvalue weighted by molar-refractivity contribution is -0.156. The fourth-order valence-corrected chi connectivity index (χ4v) is 2.71. The first-order valence-electron chi connectivity index (χ1n) is 6.82. The van der Waals surface area contributed by atoms with Crippen molar-refractivity contribution in [2.75, 3.05) is 0 Å². The fourth-order valence-electron chi connectivity index (χ4n) is 2.59. The molecule has 1 fully saturated rings. The lowest BCUT2D eigenvalue weighted by atomic mass is 9.69. The van der Waals surface area contributed by atoms with Gasteiger partial charge in [-0.2, -0.15) is 0 Å². The number of hydrogen-bond donors (Lipinski definition) is 1. The highest BCUT2D eigenvalue weighted by Crippen LogP contribution is 2.42. The molecule has 1 aliphatic rings. The van der Waals surface area contributed by atoms with Crippen molar-refractivity contribution in [3.05, 3.63) is 40.7 Å². The summed E-state index contributed by atoms with van der Waals surface area (Å²) in [6, 6.07) is 7.46. The van der Waals surface area contributed by atoms with Crippen LogP contribution in [0.4, 0.5) is 0 Å². The molecule has 0 unspecified atom stereocenters. The van der Waals surface area contributed by atoms with Crippen LogP contribution >= 0.6 is 11.6 Å². The molecule has 6 nitrogen and oxygen atoms in total. The minimum atomic E-state index is -0.762. The van der Waals surface area contributed by atoms with Crippen LogP contribution in [0.3, 0.4) is 0 Å². The summed E-state index contributed by atoms with van der Waals surface area (Å²) in [6.45, 7) is 0.332. The number of carbonyl (C=O) groups is 1. The maximum atomic E-state index is 11.4. The van der Waals surface area contributed by atoms with Crippen molar-refractivity contribution in [3.8, 4) is 0 Å². The zero-order valence-electron chi connectivity index (χ0n) is 11.4. The van der Waals surface area contributed by atoms with E-state index >= 15 is 0 Å². The maximum Gasteiger partial charge on any atom is 0.311 e. The van der Waals surface area contributed by atoms with Crippen molar-refractivity contribution in [3.63, 3.8) is 0 Å². The minimum absolute atomic E-state index is 0.332. The van der Waals surface area contributed by atoms with Crippen LogP contribution in [0.1, 0.15) is 30.7 Å². The van der Waals surface area contributed by atoms with Crippen LogP contribution in [0.5, 0.6) is 0 Å². The van der Waals surface area contributed by atoms with E-state index in [1.54, 1.807) is 4.68 Å². The van der Waals surface area contributed by atoms with Crippen LogP contribution in [-0.2, 0) is 17.8 Å². The van der Waals surface area contributed by atoms with Crippen molar-refractivity contribution in [1.82, 2.24) is 20.2 Å². The molecule has 0 amide bonds. The van der Waals surface area contributed by atoms with Crippen LogP contribution < -0.4 is 0 Å². The standard InChI is InChI=1S/C14H15ClN4O2/c15-11-4-2-10(3-5-11)8-12-16-17-18-19(12)9-14(13(20)21)6-1-7-14/h2-5H,1,6-9H2,(H,20,21). The van der Waals surface area contributed by atoms with Gasteiger partial charge in [0.15, 0.2) is 5.82 Å². The Morgan fingerprint density at radius 2 is 2.05 bits per heavy atom. The monoisotopic (exact) mass is 306 g/mol. The van der Waals surface area contributed by atoms with Crippen molar-refractivity contribution in [2.45, 2.75) is 32.2 Å². The molecule has 0 atom stereocenters. The van der Waals surface area contributed by atoms with E-state index in [1.165, 1.54) is 0 Å². The quantitative estimate of drug-likeness (QED) is 0.915. The van der Waals surface area contributed by atoms with Crippen LogP contribution in [0.15, 0.2) is 24.3 Å². The molecule has 7 heteroatoms. The number of benzene rings is 1. The van der Waals surface area contributed by atoms with Gasteiger partial charge in [0.25, 0.3) is 0 Å². The summed E-state index contributed by atoms with van der Waals surface area (Å²) in [6.07, 6.45) is 2.87. The van der Waals surface area contributed by atoms with E-state index in [4.69, 9.17) is 11.6 Å². The second-order valence-electron chi connectivity index (χ2n) is 5.50. The summed E-state index contributed by atoms with van der Waals surface area (Å²) in [7, 11) is 0. The average molecular weight is 307 g/mol. The normalized spacial score (nSPS) is 16.4. The lowest BCUT2D eigenvalue weighted by Gasteiger charge is -2.37. The number of nitrogens with zero attached hydrogens (tertiary/aromatic N) is 4. The molecule has 1 heterocycles. The molecule has 3 rings (SSSR count). The van der Waals surface area contributed by atoms with Crippen molar-refractivity contribution >= 4 is 17.6 Å². The van der Waals surface area contributed by atoms with Crippen LogP contribution in [-0.4, -0.2) is 31.3 Å². The van der Waals surface area contributed by atoms with E-state index in [9.17, 15) is 9.90 Å². The number of halogens is 1. The summed E-state index contributed by atoms with van der Waals surface area (Å²) >= 11 is 5.86. The Morgan fingerprint density at radius 1 is 1.33 bits per heavy atom. The van der Waals surface area contributed by atoms with Crippen LogP contribution in [0, 0.1) is 5.41 Å². The van der Waals surface area contributed by atoms with Crippen molar-refractivity contribution in [2.24, 2.45) is 5.41 Å².